The standard InChI is InChI=1S/C22H30O3/c1-14-6-9-19-21(2,3)10-5-11-22(19,4)17(14)13-16-12-15(20(24)25)7-8-18(16)23/h6-8,12,17,19,23H,5,9-11,13H2,1-4H3,(H,24,25)/t17-,19-,22+/m1/s1. The number of carbonyl (C=O) groups is 1. The number of aromatic carboxylic acids is 1. The summed E-state index contributed by atoms with van der Waals surface area (Å²) in [7, 11) is 0. The quantitative estimate of drug-likeness (QED) is 0.720. The van der Waals surface area contributed by atoms with E-state index in [0.29, 0.717) is 23.7 Å². The Balaban J connectivity index is 1.98. The minimum Gasteiger partial charge on any atom is -0.508 e. The Kier molecular flexibility index (Phi) is 4.47. The Labute approximate surface area is 150 Å². The maximum atomic E-state index is 11.3. The number of rotatable bonds is 3. The predicted molar refractivity (Wildman–Crippen MR) is 99.9 cm³/mol. The molecule has 1 aromatic carbocycles. The number of carboxylic acid groups (broad SMARTS) is 1. The van der Waals surface area contributed by atoms with Gasteiger partial charge in [-0.05, 0) is 79.0 Å². The Morgan fingerprint density at radius 3 is 2.64 bits per heavy atom. The number of phenols is 1. The van der Waals surface area contributed by atoms with Gasteiger partial charge in [0.05, 0.1) is 5.56 Å². The highest BCUT2D eigenvalue weighted by molar-refractivity contribution is 5.88. The van der Waals surface area contributed by atoms with Gasteiger partial charge < -0.3 is 10.2 Å². The fraction of sp³-hybridized carbons (Fsp3) is 0.591. The molecule has 3 nitrogen and oxygen atoms in total. The minimum atomic E-state index is -0.944. The number of hydrogen-bond donors (Lipinski definition) is 2. The fourth-order valence-electron chi connectivity index (χ4n) is 5.63. The molecule has 2 aliphatic carbocycles. The van der Waals surface area contributed by atoms with Crippen LogP contribution in [0.5, 0.6) is 5.75 Å². The largest absolute Gasteiger partial charge is 0.508 e. The van der Waals surface area contributed by atoms with Gasteiger partial charge >= 0.3 is 5.97 Å². The van der Waals surface area contributed by atoms with Crippen LogP contribution in [0.2, 0.25) is 0 Å². The lowest BCUT2D eigenvalue weighted by Crippen LogP contribution is -2.49. The highest BCUT2D eigenvalue weighted by atomic mass is 16.4. The zero-order chi connectivity index (χ0) is 18.4. The molecule has 1 fully saturated rings. The predicted octanol–water partition coefficient (Wildman–Crippen LogP) is 5.43. The molecule has 0 spiro atoms. The molecule has 25 heavy (non-hydrogen) atoms. The highest BCUT2D eigenvalue weighted by Crippen LogP contribution is 2.60. The molecule has 0 heterocycles. The molecule has 1 saturated carbocycles. The molecule has 2 aliphatic rings. The second-order valence-electron chi connectivity index (χ2n) is 8.99. The van der Waals surface area contributed by atoms with E-state index < -0.39 is 5.97 Å². The third kappa shape index (κ3) is 3.09. The molecule has 0 aliphatic heterocycles. The van der Waals surface area contributed by atoms with Crippen LogP contribution >= 0.6 is 0 Å². The Morgan fingerprint density at radius 2 is 1.96 bits per heavy atom. The second kappa shape index (κ2) is 6.19. The summed E-state index contributed by atoms with van der Waals surface area (Å²) < 4.78 is 0. The van der Waals surface area contributed by atoms with Gasteiger partial charge in [0, 0.05) is 0 Å². The first-order valence-corrected chi connectivity index (χ1v) is 9.37. The summed E-state index contributed by atoms with van der Waals surface area (Å²) in [5.41, 5.74) is 2.91. The van der Waals surface area contributed by atoms with Crippen molar-refractivity contribution in [3.05, 3.63) is 41.0 Å². The van der Waals surface area contributed by atoms with E-state index in [1.54, 1.807) is 6.07 Å². The van der Waals surface area contributed by atoms with Gasteiger partial charge in [-0.1, -0.05) is 38.8 Å². The number of benzene rings is 1. The van der Waals surface area contributed by atoms with Crippen molar-refractivity contribution < 1.29 is 15.0 Å². The Hall–Kier alpha value is -1.77. The lowest BCUT2D eigenvalue weighted by molar-refractivity contribution is -0.0369. The van der Waals surface area contributed by atoms with Crippen LogP contribution in [-0.2, 0) is 6.42 Å². The normalized spacial score (nSPS) is 31.1. The van der Waals surface area contributed by atoms with E-state index in [1.807, 2.05) is 0 Å². The molecule has 1 aromatic rings. The van der Waals surface area contributed by atoms with E-state index in [1.165, 1.54) is 37.0 Å². The molecule has 0 saturated heterocycles. The first-order chi connectivity index (χ1) is 11.6. The SMILES string of the molecule is CC1=CC[C@@H]2C(C)(C)CCC[C@@]2(C)[C@@H]1Cc1cc(C(=O)O)ccc1O. The monoisotopic (exact) mass is 342 g/mol. The molecule has 3 atom stereocenters. The molecule has 0 bridgehead atoms. The van der Waals surface area contributed by atoms with E-state index >= 15 is 0 Å². The zero-order valence-corrected chi connectivity index (χ0v) is 15.8. The smallest absolute Gasteiger partial charge is 0.335 e. The third-order valence-electron chi connectivity index (χ3n) is 7.05. The van der Waals surface area contributed by atoms with Crippen LogP contribution in [-0.4, -0.2) is 16.2 Å². The van der Waals surface area contributed by atoms with Crippen molar-refractivity contribution in [1.82, 2.24) is 0 Å². The zero-order valence-electron chi connectivity index (χ0n) is 15.8. The van der Waals surface area contributed by atoms with E-state index in [0.717, 1.165) is 12.0 Å². The van der Waals surface area contributed by atoms with Crippen LogP contribution in [0.1, 0.15) is 69.3 Å². The summed E-state index contributed by atoms with van der Waals surface area (Å²) in [4.78, 5) is 11.3. The Morgan fingerprint density at radius 1 is 1.24 bits per heavy atom. The van der Waals surface area contributed by atoms with Crippen molar-refractivity contribution in [2.45, 2.75) is 59.8 Å². The molecular weight excluding hydrogens is 312 g/mol. The number of hydrogen-bond acceptors (Lipinski definition) is 2. The number of phenolic OH excluding ortho intramolecular Hbond substituents is 1. The van der Waals surface area contributed by atoms with Gasteiger partial charge in [0.1, 0.15) is 5.75 Å². The number of fused-ring (bicyclic) bond motifs is 1. The van der Waals surface area contributed by atoms with Crippen molar-refractivity contribution in [3.63, 3.8) is 0 Å². The van der Waals surface area contributed by atoms with Crippen LogP contribution in [0.15, 0.2) is 29.8 Å². The average Bonchev–Trinajstić information content (AvgIpc) is 2.51. The van der Waals surface area contributed by atoms with Crippen molar-refractivity contribution in [1.29, 1.82) is 0 Å². The third-order valence-corrected chi connectivity index (χ3v) is 7.05. The van der Waals surface area contributed by atoms with Crippen LogP contribution in [0.25, 0.3) is 0 Å². The topological polar surface area (TPSA) is 57.5 Å². The van der Waals surface area contributed by atoms with Crippen molar-refractivity contribution in [3.8, 4) is 5.75 Å². The minimum absolute atomic E-state index is 0.201. The van der Waals surface area contributed by atoms with Crippen LogP contribution in [0, 0.1) is 22.7 Å². The van der Waals surface area contributed by atoms with Gasteiger partial charge in [-0.3, -0.25) is 0 Å². The molecule has 0 unspecified atom stereocenters. The molecule has 3 rings (SSSR count). The van der Waals surface area contributed by atoms with Gasteiger partial charge in [-0.2, -0.15) is 0 Å². The molecule has 3 heteroatoms. The maximum Gasteiger partial charge on any atom is 0.335 e. The summed E-state index contributed by atoms with van der Waals surface area (Å²) in [5.74, 6) is 0.242. The van der Waals surface area contributed by atoms with Crippen molar-refractivity contribution in [2.75, 3.05) is 0 Å². The van der Waals surface area contributed by atoms with Crippen molar-refractivity contribution in [2.24, 2.45) is 22.7 Å². The van der Waals surface area contributed by atoms with Gasteiger partial charge in [-0.25, -0.2) is 4.79 Å². The van der Waals surface area contributed by atoms with E-state index in [2.05, 4.69) is 33.8 Å². The van der Waals surface area contributed by atoms with E-state index in [9.17, 15) is 15.0 Å². The molecule has 136 valence electrons. The maximum absolute atomic E-state index is 11.3. The second-order valence-corrected chi connectivity index (χ2v) is 8.99. The van der Waals surface area contributed by atoms with Gasteiger partial charge in [-0.15, -0.1) is 0 Å². The summed E-state index contributed by atoms with van der Waals surface area (Å²) in [5, 5.41) is 19.6. The molecule has 0 radical (unpaired) electrons. The summed E-state index contributed by atoms with van der Waals surface area (Å²) in [6, 6.07) is 4.64. The lowest BCUT2D eigenvalue weighted by Gasteiger charge is -2.57. The number of carboxylic acids is 1. The summed E-state index contributed by atoms with van der Waals surface area (Å²) in [6.07, 6.45) is 7.93. The van der Waals surface area contributed by atoms with Gasteiger partial charge in [0.15, 0.2) is 0 Å². The fourth-order valence-corrected chi connectivity index (χ4v) is 5.63. The lowest BCUT2D eigenvalue weighted by atomic mass is 9.48. The molecule has 2 N–H and O–H groups in total. The first kappa shape index (κ1) is 18.0. The highest BCUT2D eigenvalue weighted by Gasteiger charge is 2.51. The van der Waals surface area contributed by atoms with E-state index in [-0.39, 0.29) is 16.7 Å². The van der Waals surface area contributed by atoms with Gasteiger partial charge in [0.25, 0.3) is 0 Å². The van der Waals surface area contributed by atoms with Crippen molar-refractivity contribution >= 4 is 5.97 Å². The molecular formula is C22H30O3. The average molecular weight is 342 g/mol. The van der Waals surface area contributed by atoms with Crippen LogP contribution in [0.4, 0.5) is 0 Å². The van der Waals surface area contributed by atoms with Crippen LogP contribution in [0.3, 0.4) is 0 Å². The number of allylic oxidation sites excluding steroid dienone is 2. The summed E-state index contributed by atoms with van der Waals surface area (Å²) in [6.45, 7) is 9.40. The molecule has 0 amide bonds. The summed E-state index contributed by atoms with van der Waals surface area (Å²) >= 11 is 0. The first-order valence-electron chi connectivity index (χ1n) is 9.37. The van der Waals surface area contributed by atoms with E-state index in [4.69, 9.17) is 0 Å². The van der Waals surface area contributed by atoms with Crippen LogP contribution < -0.4 is 0 Å². The molecule has 0 aromatic heterocycles. The Bertz CT molecular complexity index is 716. The number of aromatic hydroxyl groups is 1. The van der Waals surface area contributed by atoms with Gasteiger partial charge in [0.2, 0.25) is 0 Å².